The van der Waals surface area contributed by atoms with Gasteiger partial charge in [-0.3, -0.25) is 9.59 Å². The van der Waals surface area contributed by atoms with Gasteiger partial charge in [-0.25, -0.2) is 13.7 Å². The minimum Gasteiger partial charge on any atom is -0.495 e. The second kappa shape index (κ2) is 13.8. The van der Waals surface area contributed by atoms with Gasteiger partial charge in [0.05, 0.1) is 19.2 Å². The fourth-order valence-electron chi connectivity index (χ4n) is 4.61. The van der Waals surface area contributed by atoms with Crippen molar-refractivity contribution >= 4 is 40.9 Å². The summed E-state index contributed by atoms with van der Waals surface area (Å²) in [6.45, 7) is 0.413. The molecule has 13 heteroatoms. The molecular weight excluding hydrogens is 593 g/mol. The van der Waals surface area contributed by atoms with E-state index in [1.54, 1.807) is 41.9 Å². The van der Waals surface area contributed by atoms with E-state index in [1.807, 2.05) is 42.6 Å². The Bertz CT molecular complexity index is 1880. The Balaban J connectivity index is 1.24. The SMILES string of the molecule is COc1cc(C(=O)N(C)CCN(C)C(=O)O)ccc1Nc1nc2ccc(-c3ccc(NC(=O)Cc4ccc(F)cc4)cc3)cn2n1. The summed E-state index contributed by atoms with van der Waals surface area (Å²) in [4.78, 5) is 43.4. The van der Waals surface area contributed by atoms with Gasteiger partial charge in [0, 0.05) is 50.2 Å². The molecule has 5 aromatic rings. The standard InChI is InChI=1S/C33H32FN7O5/c1-39(16-17-40(2)33(44)45)31(43)23-8-14-27(28(19-23)46-3)36-32-37-29-15-9-24(20-41(29)38-32)22-6-12-26(13-7-22)35-30(42)18-21-4-10-25(34)11-5-21/h4-15,19-20H,16-18H2,1-3H3,(H,35,42)(H,36,38)(H,44,45). The van der Waals surface area contributed by atoms with Crippen LogP contribution in [0.25, 0.3) is 16.8 Å². The number of hydrogen-bond donors (Lipinski definition) is 3. The first kappa shape index (κ1) is 31.4. The Hall–Kier alpha value is -5.98. The normalized spacial score (nSPS) is 10.8. The molecule has 2 aromatic heterocycles. The summed E-state index contributed by atoms with van der Waals surface area (Å²) >= 11 is 0. The smallest absolute Gasteiger partial charge is 0.407 e. The number of rotatable bonds is 11. The van der Waals surface area contributed by atoms with Gasteiger partial charge in [0.25, 0.3) is 5.91 Å². The van der Waals surface area contributed by atoms with Gasteiger partial charge in [-0.1, -0.05) is 24.3 Å². The maximum atomic E-state index is 13.1. The predicted molar refractivity (Wildman–Crippen MR) is 171 cm³/mol. The van der Waals surface area contributed by atoms with Crippen molar-refractivity contribution in [3.8, 4) is 16.9 Å². The molecule has 0 atom stereocenters. The van der Waals surface area contributed by atoms with Crippen LogP contribution in [0.1, 0.15) is 15.9 Å². The zero-order valence-electron chi connectivity index (χ0n) is 25.4. The molecule has 3 amide bonds. The zero-order chi connectivity index (χ0) is 32.8. The molecule has 0 radical (unpaired) electrons. The third-order valence-corrected chi connectivity index (χ3v) is 7.25. The van der Waals surface area contributed by atoms with Crippen LogP contribution in [-0.4, -0.2) is 81.7 Å². The van der Waals surface area contributed by atoms with Crippen molar-refractivity contribution < 1.29 is 28.6 Å². The number of fused-ring (bicyclic) bond motifs is 1. The van der Waals surface area contributed by atoms with Crippen LogP contribution in [0.5, 0.6) is 5.75 Å². The van der Waals surface area contributed by atoms with Gasteiger partial charge >= 0.3 is 6.09 Å². The molecule has 0 saturated carbocycles. The number of carbonyl (C=O) groups excluding carboxylic acids is 2. The lowest BCUT2D eigenvalue weighted by atomic mass is 10.1. The zero-order valence-corrected chi connectivity index (χ0v) is 25.4. The second-order valence-corrected chi connectivity index (χ2v) is 10.6. The molecular formula is C33H32FN7O5. The number of anilines is 3. The molecule has 236 valence electrons. The molecule has 0 saturated heterocycles. The molecule has 0 aliphatic rings. The first-order valence-corrected chi connectivity index (χ1v) is 14.3. The number of hydrogen-bond acceptors (Lipinski definition) is 7. The average Bonchev–Trinajstić information content (AvgIpc) is 3.46. The minimum atomic E-state index is -1.06. The third kappa shape index (κ3) is 7.56. The van der Waals surface area contributed by atoms with Crippen LogP contribution in [0.15, 0.2) is 85.1 Å². The Morgan fingerprint density at radius 2 is 1.61 bits per heavy atom. The fraction of sp³-hybridized carbons (Fsp3) is 0.182. The van der Waals surface area contributed by atoms with E-state index < -0.39 is 6.09 Å². The summed E-state index contributed by atoms with van der Waals surface area (Å²) in [6.07, 6.45) is 0.917. The van der Waals surface area contributed by atoms with Crippen LogP contribution in [0.3, 0.4) is 0 Å². The Morgan fingerprint density at radius 3 is 2.30 bits per heavy atom. The van der Waals surface area contributed by atoms with E-state index in [9.17, 15) is 18.8 Å². The quantitative estimate of drug-likeness (QED) is 0.183. The van der Waals surface area contributed by atoms with Crippen molar-refractivity contribution in [3.63, 3.8) is 0 Å². The molecule has 3 aromatic carbocycles. The molecule has 12 nitrogen and oxygen atoms in total. The van der Waals surface area contributed by atoms with Gasteiger partial charge in [0.2, 0.25) is 11.9 Å². The van der Waals surface area contributed by atoms with Crippen molar-refractivity contribution in [3.05, 3.63) is 102 Å². The summed E-state index contributed by atoms with van der Waals surface area (Å²) in [5.41, 5.74) is 4.70. The lowest BCUT2D eigenvalue weighted by Crippen LogP contribution is -2.36. The van der Waals surface area contributed by atoms with Crippen molar-refractivity contribution in [2.24, 2.45) is 0 Å². The van der Waals surface area contributed by atoms with E-state index in [2.05, 4.69) is 20.7 Å². The molecule has 0 unspecified atom stereocenters. The number of methoxy groups -OCH3 is 1. The van der Waals surface area contributed by atoms with Gasteiger partial charge in [-0.2, -0.15) is 4.98 Å². The highest BCUT2D eigenvalue weighted by Crippen LogP contribution is 2.29. The van der Waals surface area contributed by atoms with E-state index >= 15 is 0 Å². The van der Waals surface area contributed by atoms with Crippen LogP contribution < -0.4 is 15.4 Å². The number of carboxylic acid groups (broad SMARTS) is 1. The summed E-state index contributed by atoms with van der Waals surface area (Å²) < 4.78 is 20.3. The van der Waals surface area contributed by atoms with Gasteiger partial charge in [0.15, 0.2) is 5.65 Å². The van der Waals surface area contributed by atoms with Crippen molar-refractivity contribution in [2.75, 3.05) is 44.9 Å². The number of carbonyl (C=O) groups is 3. The highest BCUT2D eigenvalue weighted by molar-refractivity contribution is 5.95. The summed E-state index contributed by atoms with van der Waals surface area (Å²) in [5, 5.41) is 19.6. The number of amides is 3. The lowest BCUT2D eigenvalue weighted by Gasteiger charge is -2.21. The number of nitrogens with zero attached hydrogens (tertiary/aromatic N) is 5. The predicted octanol–water partition coefficient (Wildman–Crippen LogP) is 5.15. The molecule has 0 fully saturated rings. The molecule has 3 N–H and O–H groups in total. The van der Waals surface area contributed by atoms with Gasteiger partial charge in [-0.05, 0) is 65.7 Å². The maximum absolute atomic E-state index is 13.1. The highest BCUT2D eigenvalue weighted by atomic mass is 19.1. The highest BCUT2D eigenvalue weighted by Gasteiger charge is 2.17. The minimum absolute atomic E-state index is 0.140. The number of ether oxygens (including phenoxy) is 1. The van der Waals surface area contributed by atoms with E-state index in [4.69, 9.17) is 9.84 Å². The Kier molecular flexibility index (Phi) is 9.41. The number of pyridine rings is 1. The molecule has 0 aliphatic heterocycles. The van der Waals surface area contributed by atoms with Crippen LogP contribution in [0.4, 0.5) is 26.5 Å². The van der Waals surface area contributed by atoms with Crippen molar-refractivity contribution in [2.45, 2.75) is 6.42 Å². The van der Waals surface area contributed by atoms with Crippen molar-refractivity contribution in [1.29, 1.82) is 0 Å². The fourth-order valence-corrected chi connectivity index (χ4v) is 4.61. The lowest BCUT2D eigenvalue weighted by molar-refractivity contribution is -0.115. The topological polar surface area (TPSA) is 141 Å². The Labute approximate surface area is 264 Å². The number of likely N-dealkylation sites (N-methyl/N-ethyl adjacent to an activating group) is 2. The molecule has 46 heavy (non-hydrogen) atoms. The average molecular weight is 626 g/mol. The number of halogens is 1. The first-order valence-electron chi connectivity index (χ1n) is 14.3. The molecule has 0 aliphatic carbocycles. The first-order chi connectivity index (χ1) is 22.1. The van der Waals surface area contributed by atoms with Gasteiger partial charge < -0.3 is 30.3 Å². The van der Waals surface area contributed by atoms with Gasteiger partial charge in [-0.15, -0.1) is 5.10 Å². The number of aromatic nitrogens is 3. The van der Waals surface area contributed by atoms with Crippen LogP contribution in [0.2, 0.25) is 0 Å². The Morgan fingerprint density at radius 1 is 0.913 bits per heavy atom. The number of nitrogens with one attached hydrogen (secondary N) is 2. The molecule has 2 heterocycles. The van der Waals surface area contributed by atoms with E-state index in [0.717, 1.165) is 21.6 Å². The second-order valence-electron chi connectivity index (χ2n) is 10.6. The molecule has 5 rings (SSSR count). The summed E-state index contributed by atoms with van der Waals surface area (Å²) in [7, 11) is 4.54. The van der Waals surface area contributed by atoms with Crippen LogP contribution >= 0.6 is 0 Å². The molecule has 0 spiro atoms. The number of benzene rings is 3. The van der Waals surface area contributed by atoms with Crippen molar-refractivity contribution in [1.82, 2.24) is 24.4 Å². The largest absolute Gasteiger partial charge is 0.495 e. The van der Waals surface area contributed by atoms with E-state index in [-0.39, 0.29) is 37.1 Å². The van der Waals surface area contributed by atoms with E-state index in [1.165, 1.54) is 31.2 Å². The summed E-state index contributed by atoms with van der Waals surface area (Å²) in [5.74, 6) is -0.0893. The third-order valence-electron chi connectivity index (χ3n) is 7.25. The van der Waals surface area contributed by atoms with Crippen LogP contribution in [0, 0.1) is 5.82 Å². The van der Waals surface area contributed by atoms with E-state index in [0.29, 0.717) is 34.3 Å². The van der Waals surface area contributed by atoms with Gasteiger partial charge in [0.1, 0.15) is 11.6 Å². The van der Waals surface area contributed by atoms with Crippen LogP contribution in [-0.2, 0) is 11.2 Å². The summed E-state index contributed by atoms with van der Waals surface area (Å²) in [6, 6.07) is 21.9. The maximum Gasteiger partial charge on any atom is 0.407 e. The molecule has 0 bridgehead atoms. The monoisotopic (exact) mass is 625 g/mol.